The lowest BCUT2D eigenvalue weighted by atomic mass is 10.2. The molecule has 10 nitrogen and oxygen atoms in total. The number of likely N-dealkylation sites (N-methyl/N-ethyl adjacent to an activating group) is 1. The minimum absolute atomic E-state index is 0.162. The van der Waals surface area contributed by atoms with E-state index in [2.05, 4.69) is 21.9 Å². The first-order chi connectivity index (χ1) is 18.8. The maximum atomic E-state index is 12.3. The van der Waals surface area contributed by atoms with E-state index in [1.54, 1.807) is 31.4 Å². The Kier molecular flexibility index (Phi) is 7.35. The Morgan fingerprint density at radius 1 is 1.23 bits per heavy atom. The average Bonchev–Trinajstić information content (AvgIpc) is 3.53. The van der Waals surface area contributed by atoms with Crippen molar-refractivity contribution in [3.05, 3.63) is 59.1 Å². The Morgan fingerprint density at radius 2 is 2.05 bits per heavy atom. The average molecular weight is 546 g/mol. The summed E-state index contributed by atoms with van der Waals surface area (Å²) in [5.74, 6) is 1.24. The van der Waals surface area contributed by atoms with Crippen molar-refractivity contribution in [3.8, 4) is 29.1 Å². The van der Waals surface area contributed by atoms with Crippen LogP contribution in [0.25, 0.3) is 22.6 Å². The Morgan fingerprint density at radius 3 is 2.77 bits per heavy atom. The molecular weight excluding hydrogens is 518 g/mol. The Bertz CT molecular complexity index is 1580. The summed E-state index contributed by atoms with van der Waals surface area (Å²) in [5, 5.41) is 9.12. The predicted molar refractivity (Wildman–Crippen MR) is 145 cm³/mol. The van der Waals surface area contributed by atoms with Gasteiger partial charge < -0.3 is 18.9 Å². The van der Waals surface area contributed by atoms with Gasteiger partial charge in [-0.05, 0) is 62.6 Å². The number of nitriles is 1. The SMILES string of the molecule is Cc1ccnc(Cn2c(-c3ccc(OCC(=O)N(C)CCC#N)cc3Cl)nc3c(OC4(C)CC4)ncnc32)c1. The first kappa shape index (κ1) is 26.4. The number of rotatable bonds is 10. The van der Waals surface area contributed by atoms with E-state index in [9.17, 15) is 4.79 Å². The van der Waals surface area contributed by atoms with Gasteiger partial charge in [-0.2, -0.15) is 10.2 Å². The zero-order chi connectivity index (χ0) is 27.6. The van der Waals surface area contributed by atoms with Crippen LogP contribution in [0.3, 0.4) is 0 Å². The molecule has 4 aromatic rings. The molecule has 3 aromatic heterocycles. The van der Waals surface area contributed by atoms with Crippen LogP contribution >= 0.6 is 11.6 Å². The van der Waals surface area contributed by atoms with Crippen LogP contribution < -0.4 is 9.47 Å². The molecule has 0 spiro atoms. The van der Waals surface area contributed by atoms with Crippen LogP contribution in [0.5, 0.6) is 11.6 Å². The molecule has 0 unspecified atom stereocenters. The van der Waals surface area contributed by atoms with E-state index in [-0.39, 0.29) is 24.5 Å². The fourth-order valence-electron chi connectivity index (χ4n) is 4.07. The van der Waals surface area contributed by atoms with Gasteiger partial charge in [0.1, 0.15) is 23.5 Å². The van der Waals surface area contributed by atoms with E-state index in [1.165, 1.54) is 11.2 Å². The van der Waals surface area contributed by atoms with Crippen LogP contribution in [-0.2, 0) is 11.3 Å². The number of aromatic nitrogens is 5. The first-order valence-electron chi connectivity index (χ1n) is 12.6. The summed E-state index contributed by atoms with van der Waals surface area (Å²) in [4.78, 5) is 32.1. The van der Waals surface area contributed by atoms with Crippen LogP contribution in [0, 0.1) is 18.3 Å². The third-order valence-corrected chi connectivity index (χ3v) is 6.93. The second kappa shape index (κ2) is 10.9. The minimum atomic E-state index is -0.236. The normalized spacial score (nSPS) is 13.6. The third-order valence-electron chi connectivity index (χ3n) is 6.62. The van der Waals surface area contributed by atoms with Gasteiger partial charge in [0.15, 0.2) is 17.8 Å². The molecule has 3 heterocycles. The number of carbonyl (C=O) groups excluding carboxylic acids is 1. The quantitative estimate of drug-likeness (QED) is 0.284. The smallest absolute Gasteiger partial charge is 0.260 e. The number of pyridine rings is 1. The first-order valence-corrected chi connectivity index (χ1v) is 13.0. The zero-order valence-corrected chi connectivity index (χ0v) is 22.8. The topological polar surface area (TPSA) is 119 Å². The van der Waals surface area contributed by atoms with Gasteiger partial charge in [0.2, 0.25) is 5.88 Å². The van der Waals surface area contributed by atoms with Gasteiger partial charge in [0.05, 0.1) is 29.8 Å². The molecule has 5 rings (SSSR count). The van der Waals surface area contributed by atoms with Crippen molar-refractivity contribution in [2.75, 3.05) is 20.2 Å². The molecule has 0 aliphatic heterocycles. The van der Waals surface area contributed by atoms with E-state index >= 15 is 0 Å². The van der Waals surface area contributed by atoms with Crippen molar-refractivity contribution in [3.63, 3.8) is 0 Å². The van der Waals surface area contributed by atoms with Crippen molar-refractivity contribution in [2.45, 2.75) is 45.3 Å². The number of amides is 1. The zero-order valence-electron chi connectivity index (χ0n) is 22.0. The van der Waals surface area contributed by atoms with Gasteiger partial charge in [-0.25, -0.2) is 9.97 Å². The van der Waals surface area contributed by atoms with Crippen LogP contribution in [0.4, 0.5) is 0 Å². The molecular formula is C28H28ClN7O3. The van der Waals surface area contributed by atoms with Gasteiger partial charge >= 0.3 is 0 Å². The van der Waals surface area contributed by atoms with Crippen molar-refractivity contribution < 1.29 is 14.3 Å². The summed E-state index contributed by atoms with van der Waals surface area (Å²) >= 11 is 6.75. The lowest BCUT2D eigenvalue weighted by Gasteiger charge is -2.16. The summed E-state index contributed by atoms with van der Waals surface area (Å²) in [6, 6.07) is 11.2. The van der Waals surface area contributed by atoms with E-state index < -0.39 is 0 Å². The highest BCUT2D eigenvalue weighted by Crippen LogP contribution is 2.41. The molecule has 1 fully saturated rings. The molecule has 0 saturated heterocycles. The van der Waals surface area contributed by atoms with Gasteiger partial charge in [0.25, 0.3) is 5.91 Å². The number of aryl methyl sites for hydroxylation is 1. The Hall–Kier alpha value is -4.23. The van der Waals surface area contributed by atoms with Crippen LogP contribution in [0.2, 0.25) is 5.02 Å². The highest BCUT2D eigenvalue weighted by Gasteiger charge is 2.41. The summed E-state index contributed by atoms with van der Waals surface area (Å²) in [6.45, 7) is 4.67. The van der Waals surface area contributed by atoms with Crippen LogP contribution in [0.1, 0.15) is 37.4 Å². The Labute approximate surface area is 231 Å². The molecule has 1 aliphatic carbocycles. The minimum Gasteiger partial charge on any atom is -0.484 e. The van der Waals surface area contributed by atoms with Crippen LogP contribution in [0.15, 0.2) is 42.9 Å². The number of benzene rings is 1. The molecule has 0 bridgehead atoms. The standard InChI is InChI=1S/C28H28ClN7O3/c1-18-7-11-31-19(13-18)15-36-25(34-24-26(36)32-17-33-27(24)39-28(2)8-9-28)21-6-5-20(14-22(21)29)38-16-23(37)35(3)12-4-10-30/h5-7,11,13-14,17H,4,8-9,12,15-16H2,1-3H3. The number of fused-ring (bicyclic) bond motifs is 1. The van der Waals surface area contributed by atoms with Crippen molar-refractivity contribution in [1.82, 2.24) is 29.4 Å². The molecule has 1 saturated carbocycles. The summed E-state index contributed by atoms with van der Waals surface area (Å²) in [6.07, 6.45) is 5.45. The maximum absolute atomic E-state index is 12.3. The number of ether oxygens (including phenoxy) is 2. The van der Waals surface area contributed by atoms with E-state index in [0.29, 0.717) is 52.3 Å². The molecule has 0 radical (unpaired) electrons. The second-order valence-corrected chi connectivity index (χ2v) is 10.3. The number of nitrogens with zero attached hydrogens (tertiary/aromatic N) is 7. The number of halogens is 1. The molecule has 0 atom stereocenters. The second-order valence-electron chi connectivity index (χ2n) is 9.90. The number of hydrogen-bond donors (Lipinski definition) is 0. The number of hydrogen-bond acceptors (Lipinski definition) is 8. The fourth-order valence-corrected chi connectivity index (χ4v) is 4.32. The summed E-state index contributed by atoms with van der Waals surface area (Å²) < 4.78 is 13.8. The molecule has 200 valence electrons. The fraction of sp³-hybridized carbons (Fsp3) is 0.357. The summed E-state index contributed by atoms with van der Waals surface area (Å²) in [5.41, 5.74) is 3.54. The van der Waals surface area contributed by atoms with Gasteiger partial charge in [0, 0.05) is 25.4 Å². The molecule has 39 heavy (non-hydrogen) atoms. The van der Waals surface area contributed by atoms with E-state index in [0.717, 1.165) is 24.1 Å². The van der Waals surface area contributed by atoms with Crippen molar-refractivity contribution >= 4 is 28.7 Å². The molecule has 1 amide bonds. The molecule has 0 N–H and O–H groups in total. The highest BCUT2D eigenvalue weighted by atomic mass is 35.5. The van der Waals surface area contributed by atoms with E-state index in [4.69, 9.17) is 31.3 Å². The predicted octanol–water partition coefficient (Wildman–Crippen LogP) is 4.58. The number of carbonyl (C=O) groups is 1. The van der Waals surface area contributed by atoms with Gasteiger partial charge in [-0.15, -0.1) is 0 Å². The third kappa shape index (κ3) is 5.94. The number of imidazole rings is 1. The molecule has 1 aromatic carbocycles. The van der Waals surface area contributed by atoms with Gasteiger partial charge in [-0.3, -0.25) is 9.78 Å². The lowest BCUT2D eigenvalue weighted by Crippen LogP contribution is -2.32. The lowest BCUT2D eigenvalue weighted by molar-refractivity contribution is -0.131. The Balaban J connectivity index is 1.48. The monoisotopic (exact) mass is 545 g/mol. The van der Waals surface area contributed by atoms with Crippen molar-refractivity contribution in [2.24, 2.45) is 0 Å². The maximum Gasteiger partial charge on any atom is 0.260 e. The van der Waals surface area contributed by atoms with Crippen molar-refractivity contribution in [1.29, 1.82) is 5.26 Å². The van der Waals surface area contributed by atoms with Crippen LogP contribution in [-0.4, -0.2) is 61.1 Å². The summed E-state index contributed by atoms with van der Waals surface area (Å²) in [7, 11) is 1.64. The largest absolute Gasteiger partial charge is 0.484 e. The molecule has 1 aliphatic rings. The highest BCUT2D eigenvalue weighted by molar-refractivity contribution is 6.33. The molecule has 11 heteroatoms. The van der Waals surface area contributed by atoms with E-state index in [1.807, 2.05) is 29.7 Å². The van der Waals surface area contributed by atoms with Gasteiger partial charge in [-0.1, -0.05) is 11.6 Å².